The molecular formula is C8H6ClN3O2. The number of carboxylic acids is 1. The van der Waals surface area contributed by atoms with Crippen LogP contribution in [0.2, 0.25) is 5.02 Å². The zero-order valence-electron chi connectivity index (χ0n) is 7.23. The van der Waals surface area contributed by atoms with Crippen LogP contribution in [-0.2, 0) is 0 Å². The Kier molecular flexibility index (Phi) is 2.96. The van der Waals surface area contributed by atoms with E-state index in [0.717, 1.165) is 0 Å². The predicted molar refractivity (Wildman–Crippen MR) is 52.0 cm³/mol. The van der Waals surface area contributed by atoms with E-state index in [-0.39, 0.29) is 11.3 Å². The van der Waals surface area contributed by atoms with Crippen LogP contribution in [0.3, 0.4) is 0 Å². The minimum atomic E-state index is -1.15. The molecule has 0 atom stereocenters. The van der Waals surface area contributed by atoms with Crippen molar-refractivity contribution in [2.45, 2.75) is 6.92 Å². The Morgan fingerprint density at radius 3 is 2.79 bits per heavy atom. The minimum Gasteiger partial charge on any atom is -0.478 e. The lowest BCUT2D eigenvalue weighted by molar-refractivity contribution is 0.0697. The highest BCUT2D eigenvalue weighted by molar-refractivity contribution is 6.31. The van der Waals surface area contributed by atoms with Crippen LogP contribution in [0.4, 0.5) is 5.69 Å². The number of aryl methyl sites for hydroxylation is 1. The molecule has 0 aliphatic heterocycles. The quantitative estimate of drug-likeness (QED) is 0.462. The predicted octanol–water partition coefficient (Wildman–Crippen LogP) is 3.29. The third-order valence-corrected chi connectivity index (χ3v) is 2.07. The molecule has 0 saturated heterocycles. The van der Waals surface area contributed by atoms with Gasteiger partial charge in [0.1, 0.15) is 0 Å². The maximum Gasteiger partial charge on any atom is 0.336 e. The molecule has 14 heavy (non-hydrogen) atoms. The first-order chi connectivity index (χ1) is 6.56. The molecule has 0 aliphatic carbocycles. The third-order valence-electron chi connectivity index (χ3n) is 1.66. The molecule has 1 aromatic rings. The SMILES string of the molecule is Cc1cc(C(=O)O)c(N=[N+]=[N-])cc1Cl. The second kappa shape index (κ2) is 4.00. The number of hydrogen-bond acceptors (Lipinski definition) is 2. The number of halogens is 1. The van der Waals surface area contributed by atoms with Gasteiger partial charge in [-0.3, -0.25) is 0 Å². The fraction of sp³-hybridized carbons (Fsp3) is 0.125. The second-order valence-corrected chi connectivity index (χ2v) is 3.02. The van der Waals surface area contributed by atoms with Crippen LogP contribution in [-0.4, -0.2) is 11.1 Å². The van der Waals surface area contributed by atoms with Crippen molar-refractivity contribution in [2.75, 3.05) is 0 Å². The van der Waals surface area contributed by atoms with Gasteiger partial charge in [-0.05, 0) is 30.2 Å². The Balaban J connectivity index is 3.45. The maximum atomic E-state index is 10.7. The van der Waals surface area contributed by atoms with Crippen LogP contribution in [0.15, 0.2) is 17.2 Å². The van der Waals surface area contributed by atoms with Gasteiger partial charge in [0.15, 0.2) is 0 Å². The topological polar surface area (TPSA) is 86.1 Å². The summed E-state index contributed by atoms with van der Waals surface area (Å²) >= 11 is 5.75. The fourth-order valence-corrected chi connectivity index (χ4v) is 1.13. The molecule has 1 N–H and O–H groups in total. The standard InChI is InChI=1S/C8H6ClN3O2/c1-4-2-5(8(13)14)7(11-12-10)3-6(4)9/h2-3H,1H3,(H,13,14). The van der Waals surface area contributed by atoms with E-state index < -0.39 is 5.97 Å². The van der Waals surface area contributed by atoms with Crippen molar-refractivity contribution in [3.63, 3.8) is 0 Å². The zero-order chi connectivity index (χ0) is 10.7. The number of azide groups is 1. The van der Waals surface area contributed by atoms with E-state index in [1.54, 1.807) is 6.92 Å². The van der Waals surface area contributed by atoms with Gasteiger partial charge in [-0.15, -0.1) is 0 Å². The molecule has 6 heteroatoms. The fourth-order valence-electron chi connectivity index (χ4n) is 0.973. The number of aromatic carboxylic acids is 1. The van der Waals surface area contributed by atoms with Gasteiger partial charge in [0.2, 0.25) is 0 Å². The van der Waals surface area contributed by atoms with Crippen LogP contribution in [0, 0.1) is 6.92 Å². The largest absolute Gasteiger partial charge is 0.478 e. The highest BCUT2D eigenvalue weighted by Crippen LogP contribution is 2.27. The van der Waals surface area contributed by atoms with Gasteiger partial charge >= 0.3 is 5.97 Å². The van der Waals surface area contributed by atoms with Crippen LogP contribution >= 0.6 is 11.6 Å². The van der Waals surface area contributed by atoms with Gasteiger partial charge in [0.25, 0.3) is 0 Å². The highest BCUT2D eigenvalue weighted by Gasteiger charge is 2.10. The van der Waals surface area contributed by atoms with Crippen molar-refractivity contribution in [1.29, 1.82) is 0 Å². The molecule has 0 radical (unpaired) electrons. The second-order valence-electron chi connectivity index (χ2n) is 2.61. The van der Waals surface area contributed by atoms with E-state index in [4.69, 9.17) is 22.2 Å². The van der Waals surface area contributed by atoms with E-state index in [1.807, 2.05) is 0 Å². The Hall–Kier alpha value is -1.71. The van der Waals surface area contributed by atoms with Gasteiger partial charge in [-0.1, -0.05) is 16.7 Å². The summed E-state index contributed by atoms with van der Waals surface area (Å²) in [4.78, 5) is 13.3. The maximum absolute atomic E-state index is 10.7. The number of carboxylic acid groups (broad SMARTS) is 1. The molecule has 5 nitrogen and oxygen atoms in total. The summed E-state index contributed by atoms with van der Waals surface area (Å²) in [7, 11) is 0. The Morgan fingerprint density at radius 1 is 1.64 bits per heavy atom. The van der Waals surface area contributed by atoms with Gasteiger partial charge < -0.3 is 5.11 Å². The van der Waals surface area contributed by atoms with Gasteiger partial charge in [0.05, 0.1) is 11.3 Å². The average molecular weight is 212 g/mol. The first-order valence-corrected chi connectivity index (χ1v) is 4.02. The van der Waals surface area contributed by atoms with E-state index in [2.05, 4.69) is 10.0 Å². The number of carbonyl (C=O) groups is 1. The summed E-state index contributed by atoms with van der Waals surface area (Å²) < 4.78 is 0. The Bertz CT molecular complexity index is 411. The van der Waals surface area contributed by atoms with Crippen molar-refractivity contribution >= 4 is 23.3 Å². The third kappa shape index (κ3) is 1.96. The minimum absolute atomic E-state index is 0.0237. The van der Waals surface area contributed by atoms with Crippen molar-refractivity contribution in [2.24, 2.45) is 5.11 Å². The van der Waals surface area contributed by atoms with E-state index >= 15 is 0 Å². The summed E-state index contributed by atoms with van der Waals surface area (Å²) in [5, 5.41) is 12.4. The zero-order valence-corrected chi connectivity index (χ0v) is 7.99. The molecule has 1 rings (SSSR count). The van der Waals surface area contributed by atoms with Crippen molar-refractivity contribution in [1.82, 2.24) is 0 Å². The molecule has 0 unspecified atom stereocenters. The summed E-state index contributed by atoms with van der Waals surface area (Å²) in [5.74, 6) is -1.15. The van der Waals surface area contributed by atoms with Crippen LogP contribution < -0.4 is 0 Å². The van der Waals surface area contributed by atoms with Crippen LogP contribution in [0.1, 0.15) is 15.9 Å². The molecule has 0 saturated carbocycles. The Labute approximate surface area is 84.6 Å². The number of benzene rings is 1. The molecule has 0 spiro atoms. The summed E-state index contributed by atoms with van der Waals surface area (Å²) in [5.41, 5.74) is 8.81. The lowest BCUT2D eigenvalue weighted by atomic mass is 10.1. The van der Waals surface area contributed by atoms with Gasteiger partial charge in [0, 0.05) is 9.93 Å². The molecule has 0 aliphatic rings. The van der Waals surface area contributed by atoms with E-state index in [1.165, 1.54) is 12.1 Å². The molecule has 0 amide bonds. The van der Waals surface area contributed by atoms with Gasteiger partial charge in [-0.25, -0.2) is 4.79 Å². The number of nitrogens with zero attached hydrogens (tertiary/aromatic N) is 3. The van der Waals surface area contributed by atoms with Crippen LogP contribution in [0.25, 0.3) is 10.4 Å². The molecule has 0 heterocycles. The molecule has 72 valence electrons. The highest BCUT2D eigenvalue weighted by atomic mass is 35.5. The number of rotatable bonds is 2. The van der Waals surface area contributed by atoms with E-state index in [0.29, 0.717) is 10.6 Å². The Morgan fingerprint density at radius 2 is 2.29 bits per heavy atom. The molecule has 0 fully saturated rings. The monoisotopic (exact) mass is 211 g/mol. The lowest BCUT2D eigenvalue weighted by Gasteiger charge is -2.03. The van der Waals surface area contributed by atoms with Crippen molar-refractivity contribution in [3.8, 4) is 0 Å². The van der Waals surface area contributed by atoms with Crippen molar-refractivity contribution < 1.29 is 9.90 Å². The summed E-state index contributed by atoms with van der Waals surface area (Å²) in [6, 6.07) is 2.70. The number of hydrogen-bond donors (Lipinski definition) is 1. The van der Waals surface area contributed by atoms with E-state index in [9.17, 15) is 4.79 Å². The average Bonchev–Trinajstić information content (AvgIpc) is 2.11. The molecule has 1 aromatic carbocycles. The van der Waals surface area contributed by atoms with Gasteiger partial charge in [-0.2, -0.15) is 0 Å². The normalized spacial score (nSPS) is 9.29. The van der Waals surface area contributed by atoms with Crippen molar-refractivity contribution in [3.05, 3.63) is 38.7 Å². The molecule has 0 bridgehead atoms. The first kappa shape index (κ1) is 10.4. The smallest absolute Gasteiger partial charge is 0.336 e. The summed E-state index contributed by atoms with van der Waals surface area (Å²) in [6.07, 6.45) is 0. The first-order valence-electron chi connectivity index (χ1n) is 3.65. The van der Waals surface area contributed by atoms with Crippen LogP contribution in [0.5, 0.6) is 0 Å². The molecule has 0 aromatic heterocycles. The molecular weight excluding hydrogens is 206 g/mol. The lowest BCUT2D eigenvalue weighted by Crippen LogP contribution is -1.97. The summed E-state index contributed by atoms with van der Waals surface area (Å²) in [6.45, 7) is 1.68.